The lowest BCUT2D eigenvalue weighted by atomic mass is 10.0. The van der Waals surface area contributed by atoms with Crippen LogP contribution in [0.2, 0.25) is 0 Å². The Balaban J connectivity index is 1.62. The molecule has 1 aliphatic rings. The van der Waals surface area contributed by atoms with E-state index in [4.69, 9.17) is 4.74 Å². The molecule has 100 valence electrons. The lowest BCUT2D eigenvalue weighted by molar-refractivity contribution is 0.139. The summed E-state index contributed by atoms with van der Waals surface area (Å²) in [4.78, 5) is 0. The second kappa shape index (κ2) is 7.55. The summed E-state index contributed by atoms with van der Waals surface area (Å²) in [6, 6.07) is 6.95. The Morgan fingerprint density at radius 2 is 2.00 bits per heavy atom. The van der Waals surface area contributed by atoms with E-state index in [1.165, 1.54) is 31.2 Å². The Hall–Kier alpha value is -0.860. The van der Waals surface area contributed by atoms with E-state index in [0.717, 1.165) is 32.7 Å². The van der Waals surface area contributed by atoms with Crippen molar-refractivity contribution in [3.63, 3.8) is 0 Å². The Morgan fingerprint density at radius 3 is 2.89 bits per heavy atom. The highest BCUT2D eigenvalue weighted by atomic mass is 16.5. The minimum absolute atomic E-state index is 0.824. The van der Waals surface area contributed by atoms with Crippen LogP contribution in [0.5, 0.6) is 0 Å². The van der Waals surface area contributed by atoms with Crippen molar-refractivity contribution < 1.29 is 4.74 Å². The van der Waals surface area contributed by atoms with Gasteiger partial charge in [0, 0.05) is 6.54 Å². The third-order valence-corrected chi connectivity index (χ3v) is 3.55. The summed E-state index contributed by atoms with van der Waals surface area (Å²) >= 11 is 0. The first-order chi connectivity index (χ1) is 8.90. The standard InChI is InChI=1S/C16H25NO/c1-2-9-17-10-12-18-11-8-14-6-7-15-4-3-5-16(15)13-14/h6-7,13,17H,2-5,8-12H2,1H3. The molecule has 0 saturated carbocycles. The van der Waals surface area contributed by atoms with Crippen molar-refractivity contribution in [3.05, 3.63) is 34.9 Å². The second-order valence-corrected chi connectivity index (χ2v) is 5.07. The number of ether oxygens (including phenoxy) is 1. The maximum absolute atomic E-state index is 5.64. The SMILES string of the molecule is CCCNCCOCCc1ccc2c(c1)CCC2. The molecule has 2 rings (SSSR count). The topological polar surface area (TPSA) is 21.3 Å². The Labute approximate surface area is 111 Å². The van der Waals surface area contributed by atoms with Crippen molar-refractivity contribution >= 4 is 0 Å². The second-order valence-electron chi connectivity index (χ2n) is 5.07. The number of hydrogen-bond donors (Lipinski definition) is 1. The van der Waals surface area contributed by atoms with Crippen LogP contribution in [0.3, 0.4) is 0 Å². The predicted molar refractivity (Wildman–Crippen MR) is 76.2 cm³/mol. The first-order valence-electron chi connectivity index (χ1n) is 7.29. The van der Waals surface area contributed by atoms with E-state index in [1.807, 2.05) is 0 Å². The largest absolute Gasteiger partial charge is 0.380 e. The Kier molecular flexibility index (Phi) is 5.69. The zero-order chi connectivity index (χ0) is 12.6. The van der Waals surface area contributed by atoms with Gasteiger partial charge in [-0.15, -0.1) is 0 Å². The van der Waals surface area contributed by atoms with Crippen LogP contribution in [0, 0.1) is 0 Å². The molecule has 0 fully saturated rings. The van der Waals surface area contributed by atoms with Crippen LogP contribution in [0.1, 0.15) is 36.5 Å². The van der Waals surface area contributed by atoms with Crippen molar-refractivity contribution in [1.82, 2.24) is 5.32 Å². The summed E-state index contributed by atoms with van der Waals surface area (Å²) in [5.41, 5.74) is 4.55. The Morgan fingerprint density at radius 1 is 1.11 bits per heavy atom. The summed E-state index contributed by atoms with van der Waals surface area (Å²) in [7, 11) is 0. The van der Waals surface area contributed by atoms with Crippen LogP contribution in [0.4, 0.5) is 0 Å². The number of hydrogen-bond acceptors (Lipinski definition) is 2. The van der Waals surface area contributed by atoms with Gasteiger partial charge in [0.1, 0.15) is 0 Å². The summed E-state index contributed by atoms with van der Waals surface area (Å²) < 4.78 is 5.64. The minimum Gasteiger partial charge on any atom is -0.380 e. The van der Waals surface area contributed by atoms with Gasteiger partial charge in [-0.3, -0.25) is 0 Å². The molecule has 2 heteroatoms. The van der Waals surface area contributed by atoms with Crippen molar-refractivity contribution in [2.75, 3.05) is 26.3 Å². The van der Waals surface area contributed by atoms with Crippen LogP contribution in [-0.2, 0) is 24.0 Å². The molecule has 1 aromatic rings. The average Bonchev–Trinajstić information content (AvgIpc) is 2.85. The van der Waals surface area contributed by atoms with E-state index in [1.54, 1.807) is 11.1 Å². The summed E-state index contributed by atoms with van der Waals surface area (Å²) in [5.74, 6) is 0. The predicted octanol–water partition coefficient (Wildman–Crippen LogP) is 2.73. The van der Waals surface area contributed by atoms with Crippen LogP contribution in [0.25, 0.3) is 0 Å². The highest BCUT2D eigenvalue weighted by molar-refractivity contribution is 5.35. The summed E-state index contributed by atoms with van der Waals surface area (Å²) in [6.07, 6.45) is 6.11. The van der Waals surface area contributed by atoms with Gasteiger partial charge in [0.25, 0.3) is 0 Å². The molecule has 0 aromatic heterocycles. The fraction of sp³-hybridized carbons (Fsp3) is 0.625. The smallest absolute Gasteiger partial charge is 0.0591 e. The molecule has 0 saturated heterocycles. The lowest BCUT2D eigenvalue weighted by Gasteiger charge is -2.07. The highest BCUT2D eigenvalue weighted by Gasteiger charge is 2.10. The molecule has 0 unspecified atom stereocenters. The molecule has 0 bridgehead atoms. The number of nitrogens with one attached hydrogen (secondary N) is 1. The fourth-order valence-corrected chi connectivity index (χ4v) is 2.52. The fourth-order valence-electron chi connectivity index (χ4n) is 2.52. The highest BCUT2D eigenvalue weighted by Crippen LogP contribution is 2.22. The van der Waals surface area contributed by atoms with Gasteiger partial charge >= 0.3 is 0 Å². The molecule has 0 aliphatic heterocycles. The average molecular weight is 247 g/mol. The van der Waals surface area contributed by atoms with Crippen molar-refractivity contribution in [1.29, 1.82) is 0 Å². The van der Waals surface area contributed by atoms with E-state index in [2.05, 4.69) is 30.4 Å². The number of aryl methyl sites for hydroxylation is 2. The molecule has 0 radical (unpaired) electrons. The first-order valence-corrected chi connectivity index (χ1v) is 7.29. The molecule has 18 heavy (non-hydrogen) atoms. The van der Waals surface area contributed by atoms with Gasteiger partial charge in [0.05, 0.1) is 13.2 Å². The van der Waals surface area contributed by atoms with Crippen LogP contribution < -0.4 is 5.32 Å². The third kappa shape index (κ3) is 4.11. The molecule has 1 N–H and O–H groups in total. The van der Waals surface area contributed by atoms with E-state index in [-0.39, 0.29) is 0 Å². The van der Waals surface area contributed by atoms with Gasteiger partial charge in [-0.2, -0.15) is 0 Å². The molecule has 0 atom stereocenters. The van der Waals surface area contributed by atoms with Crippen molar-refractivity contribution in [2.24, 2.45) is 0 Å². The van der Waals surface area contributed by atoms with E-state index in [0.29, 0.717) is 0 Å². The molecule has 1 aromatic carbocycles. The molecular formula is C16H25NO. The molecule has 0 amide bonds. The van der Waals surface area contributed by atoms with E-state index >= 15 is 0 Å². The van der Waals surface area contributed by atoms with Gasteiger partial charge in [-0.05, 0) is 55.3 Å². The van der Waals surface area contributed by atoms with Gasteiger partial charge in [-0.25, -0.2) is 0 Å². The zero-order valence-electron chi connectivity index (χ0n) is 11.5. The van der Waals surface area contributed by atoms with Crippen molar-refractivity contribution in [3.8, 4) is 0 Å². The molecule has 1 aliphatic carbocycles. The molecule has 2 nitrogen and oxygen atoms in total. The molecular weight excluding hydrogens is 222 g/mol. The quantitative estimate of drug-likeness (QED) is 0.713. The monoisotopic (exact) mass is 247 g/mol. The lowest BCUT2D eigenvalue weighted by Crippen LogP contribution is -2.20. The van der Waals surface area contributed by atoms with Crippen LogP contribution in [0.15, 0.2) is 18.2 Å². The number of rotatable bonds is 8. The van der Waals surface area contributed by atoms with Gasteiger partial charge < -0.3 is 10.1 Å². The third-order valence-electron chi connectivity index (χ3n) is 3.55. The maximum atomic E-state index is 5.64. The number of benzene rings is 1. The summed E-state index contributed by atoms with van der Waals surface area (Å²) in [6.45, 7) is 5.91. The van der Waals surface area contributed by atoms with E-state index < -0.39 is 0 Å². The van der Waals surface area contributed by atoms with Crippen LogP contribution in [-0.4, -0.2) is 26.3 Å². The molecule has 0 spiro atoms. The molecule has 0 heterocycles. The zero-order valence-corrected chi connectivity index (χ0v) is 11.5. The first kappa shape index (κ1) is 13.6. The van der Waals surface area contributed by atoms with Gasteiger partial charge in [0.2, 0.25) is 0 Å². The summed E-state index contributed by atoms with van der Waals surface area (Å²) in [5, 5.41) is 3.34. The number of fused-ring (bicyclic) bond motifs is 1. The van der Waals surface area contributed by atoms with Crippen LogP contribution >= 0.6 is 0 Å². The Bertz CT molecular complexity index is 362. The normalized spacial score (nSPS) is 13.8. The maximum Gasteiger partial charge on any atom is 0.0591 e. The minimum atomic E-state index is 0.824. The van der Waals surface area contributed by atoms with Gasteiger partial charge in [-0.1, -0.05) is 25.1 Å². The van der Waals surface area contributed by atoms with Crippen molar-refractivity contribution in [2.45, 2.75) is 39.0 Å². The van der Waals surface area contributed by atoms with E-state index in [9.17, 15) is 0 Å². The van der Waals surface area contributed by atoms with Gasteiger partial charge in [0.15, 0.2) is 0 Å².